The number of carbonyl (C=O) groups is 2. The van der Waals surface area contributed by atoms with Gasteiger partial charge in [-0.3, -0.25) is 9.59 Å². The Bertz CT molecular complexity index is 1410. The first-order chi connectivity index (χ1) is 15.5. The van der Waals surface area contributed by atoms with E-state index in [0.29, 0.717) is 16.9 Å². The Kier molecular flexibility index (Phi) is 4.96. The topological polar surface area (TPSA) is 49.4 Å². The number of imide groups is 1. The van der Waals surface area contributed by atoms with Crippen LogP contribution in [0.1, 0.15) is 5.56 Å². The number of benzene rings is 4. The number of carbonyl (C=O) groups excluding carboxylic acids is 2. The Morgan fingerprint density at radius 2 is 1.44 bits per heavy atom. The zero-order valence-electron chi connectivity index (χ0n) is 16.7. The fourth-order valence-electron chi connectivity index (χ4n) is 3.85. The van der Waals surface area contributed by atoms with Gasteiger partial charge in [-0.05, 0) is 41.3 Å². The predicted octanol–water partition coefficient (Wildman–Crippen LogP) is 6.03. The van der Waals surface area contributed by atoms with Crippen LogP contribution in [0.2, 0.25) is 5.02 Å². The van der Waals surface area contributed by atoms with Gasteiger partial charge in [-0.1, -0.05) is 72.3 Å². The zero-order chi connectivity index (χ0) is 22.2. The van der Waals surface area contributed by atoms with Gasteiger partial charge in [0.25, 0.3) is 11.8 Å². The Morgan fingerprint density at radius 3 is 2.22 bits per heavy atom. The number of anilines is 2. The van der Waals surface area contributed by atoms with Crippen LogP contribution in [0.15, 0.2) is 96.7 Å². The Hall–Kier alpha value is -3.96. The van der Waals surface area contributed by atoms with Gasteiger partial charge in [-0.15, -0.1) is 0 Å². The predicted molar refractivity (Wildman–Crippen MR) is 125 cm³/mol. The highest BCUT2D eigenvalue weighted by molar-refractivity contribution is 6.48. The molecule has 1 N–H and O–H groups in total. The van der Waals surface area contributed by atoms with Crippen LogP contribution in [0.4, 0.5) is 15.8 Å². The number of nitrogens with one attached hydrogen (secondary N) is 1. The lowest BCUT2D eigenvalue weighted by molar-refractivity contribution is -0.120. The molecule has 4 nitrogen and oxygen atoms in total. The van der Waals surface area contributed by atoms with Gasteiger partial charge in [-0.25, -0.2) is 9.29 Å². The van der Waals surface area contributed by atoms with E-state index in [1.165, 1.54) is 24.3 Å². The van der Waals surface area contributed by atoms with Crippen molar-refractivity contribution in [1.82, 2.24) is 0 Å². The minimum absolute atomic E-state index is 0.109. The van der Waals surface area contributed by atoms with Gasteiger partial charge < -0.3 is 5.32 Å². The van der Waals surface area contributed by atoms with Crippen molar-refractivity contribution in [3.8, 4) is 0 Å². The van der Waals surface area contributed by atoms with Crippen LogP contribution < -0.4 is 10.2 Å². The summed E-state index contributed by atoms with van der Waals surface area (Å²) in [6.45, 7) is 0. The SMILES string of the molecule is O=C1C(Nc2cccc3ccccc23)=C(c2ccc(F)cc2)C(=O)N1c1ccccc1Cl. The maximum Gasteiger partial charge on any atom is 0.282 e. The number of hydrogen-bond acceptors (Lipinski definition) is 3. The monoisotopic (exact) mass is 442 g/mol. The molecule has 6 heteroatoms. The second-order valence-electron chi connectivity index (χ2n) is 7.31. The highest BCUT2D eigenvalue weighted by atomic mass is 35.5. The lowest BCUT2D eigenvalue weighted by Gasteiger charge is -2.17. The Labute approximate surface area is 188 Å². The molecule has 0 bridgehead atoms. The van der Waals surface area contributed by atoms with E-state index in [2.05, 4.69) is 5.32 Å². The second kappa shape index (κ2) is 7.94. The molecule has 0 radical (unpaired) electrons. The number of rotatable bonds is 4. The molecule has 0 aliphatic carbocycles. The van der Waals surface area contributed by atoms with Gasteiger partial charge in [0, 0.05) is 11.1 Å². The van der Waals surface area contributed by atoms with Crippen molar-refractivity contribution in [3.63, 3.8) is 0 Å². The average molecular weight is 443 g/mol. The number of hydrogen-bond donors (Lipinski definition) is 1. The summed E-state index contributed by atoms with van der Waals surface area (Å²) in [5.41, 5.74) is 1.67. The summed E-state index contributed by atoms with van der Waals surface area (Å²) < 4.78 is 13.5. The summed E-state index contributed by atoms with van der Waals surface area (Å²) in [4.78, 5) is 28.0. The molecule has 1 aliphatic rings. The summed E-state index contributed by atoms with van der Waals surface area (Å²) in [5, 5.41) is 5.34. The molecule has 32 heavy (non-hydrogen) atoms. The number of fused-ring (bicyclic) bond motifs is 1. The average Bonchev–Trinajstić information content (AvgIpc) is 3.04. The van der Waals surface area contributed by atoms with Crippen LogP contribution >= 0.6 is 11.6 Å². The molecule has 0 fully saturated rings. The molecular formula is C26H16ClFN2O2. The van der Waals surface area contributed by atoms with E-state index in [-0.39, 0.29) is 16.3 Å². The molecule has 2 amide bonds. The molecule has 4 aromatic rings. The molecule has 0 saturated heterocycles. The van der Waals surface area contributed by atoms with Crippen molar-refractivity contribution < 1.29 is 14.0 Å². The summed E-state index contributed by atoms with van der Waals surface area (Å²) in [6, 6.07) is 25.5. The highest BCUT2D eigenvalue weighted by Gasteiger charge is 2.41. The maximum atomic E-state index is 13.5. The summed E-state index contributed by atoms with van der Waals surface area (Å²) in [7, 11) is 0. The molecule has 0 atom stereocenters. The number of para-hydroxylation sites is 1. The molecule has 0 spiro atoms. The third-order valence-electron chi connectivity index (χ3n) is 5.36. The Balaban J connectivity index is 1.68. The van der Waals surface area contributed by atoms with Gasteiger partial charge in [-0.2, -0.15) is 0 Å². The van der Waals surface area contributed by atoms with E-state index in [1.807, 2.05) is 42.5 Å². The van der Waals surface area contributed by atoms with Gasteiger partial charge in [0.2, 0.25) is 0 Å². The van der Waals surface area contributed by atoms with Crippen molar-refractivity contribution in [2.75, 3.05) is 10.2 Å². The van der Waals surface area contributed by atoms with E-state index in [9.17, 15) is 14.0 Å². The van der Waals surface area contributed by atoms with Crippen LogP contribution in [0.3, 0.4) is 0 Å². The molecule has 1 aliphatic heterocycles. The first kappa shape index (κ1) is 20.0. The van der Waals surface area contributed by atoms with Crippen LogP contribution in [0, 0.1) is 5.82 Å². The lowest BCUT2D eigenvalue weighted by atomic mass is 10.0. The number of nitrogens with zero attached hydrogens (tertiary/aromatic N) is 1. The first-order valence-electron chi connectivity index (χ1n) is 9.93. The van der Waals surface area contributed by atoms with Gasteiger partial charge >= 0.3 is 0 Å². The van der Waals surface area contributed by atoms with E-state index in [0.717, 1.165) is 15.7 Å². The third-order valence-corrected chi connectivity index (χ3v) is 5.68. The van der Waals surface area contributed by atoms with E-state index >= 15 is 0 Å². The van der Waals surface area contributed by atoms with E-state index < -0.39 is 17.6 Å². The molecule has 0 saturated carbocycles. The fourth-order valence-corrected chi connectivity index (χ4v) is 4.07. The molecule has 0 aromatic heterocycles. The minimum atomic E-state index is -0.532. The van der Waals surface area contributed by atoms with Crippen LogP contribution in [0.5, 0.6) is 0 Å². The zero-order valence-corrected chi connectivity index (χ0v) is 17.4. The molecule has 156 valence electrons. The van der Waals surface area contributed by atoms with Gasteiger partial charge in [0.05, 0.1) is 16.3 Å². The normalized spacial score (nSPS) is 13.9. The van der Waals surface area contributed by atoms with E-state index in [1.54, 1.807) is 24.3 Å². The number of amides is 2. The maximum absolute atomic E-state index is 13.5. The summed E-state index contributed by atoms with van der Waals surface area (Å²) >= 11 is 6.30. The largest absolute Gasteiger partial charge is 0.350 e. The van der Waals surface area contributed by atoms with Crippen LogP contribution in [-0.2, 0) is 9.59 Å². The van der Waals surface area contributed by atoms with Crippen molar-refractivity contribution in [2.45, 2.75) is 0 Å². The van der Waals surface area contributed by atoms with Crippen LogP contribution in [0.25, 0.3) is 16.3 Å². The van der Waals surface area contributed by atoms with Crippen LogP contribution in [-0.4, -0.2) is 11.8 Å². The lowest BCUT2D eigenvalue weighted by Crippen LogP contribution is -2.32. The molecule has 5 rings (SSSR count). The minimum Gasteiger partial charge on any atom is -0.350 e. The van der Waals surface area contributed by atoms with Crippen molar-refractivity contribution in [1.29, 1.82) is 0 Å². The molecule has 0 unspecified atom stereocenters. The molecular weight excluding hydrogens is 427 g/mol. The second-order valence-corrected chi connectivity index (χ2v) is 7.71. The van der Waals surface area contributed by atoms with Crippen molar-refractivity contribution >= 4 is 51.1 Å². The fraction of sp³-hybridized carbons (Fsp3) is 0. The third kappa shape index (κ3) is 3.33. The standard InChI is InChI=1S/C26H16ClFN2O2/c27-20-9-3-4-11-22(20)30-25(31)23(17-12-14-18(28)15-13-17)24(26(30)32)29-21-10-5-7-16-6-1-2-8-19(16)21/h1-15,29H. The van der Waals surface area contributed by atoms with Crippen molar-refractivity contribution in [2.24, 2.45) is 0 Å². The van der Waals surface area contributed by atoms with Gasteiger partial charge in [0.15, 0.2) is 0 Å². The quantitative estimate of drug-likeness (QED) is 0.393. The summed E-state index contributed by atoms with van der Waals surface area (Å²) in [5.74, 6) is -1.49. The van der Waals surface area contributed by atoms with E-state index in [4.69, 9.17) is 11.6 Å². The molecule has 1 heterocycles. The smallest absolute Gasteiger partial charge is 0.282 e. The van der Waals surface area contributed by atoms with Crippen molar-refractivity contribution in [3.05, 3.63) is 113 Å². The first-order valence-corrected chi connectivity index (χ1v) is 10.3. The number of halogens is 2. The molecule has 4 aromatic carbocycles. The Morgan fingerprint density at radius 1 is 0.750 bits per heavy atom. The highest BCUT2D eigenvalue weighted by Crippen LogP contribution is 2.37. The van der Waals surface area contributed by atoms with Gasteiger partial charge in [0.1, 0.15) is 11.5 Å². The summed E-state index contributed by atoms with van der Waals surface area (Å²) in [6.07, 6.45) is 0.